The molecule has 41 heavy (non-hydrogen) atoms. The third-order valence-corrected chi connectivity index (χ3v) is 8.15. The molecule has 3 aliphatic rings. The number of aliphatic hydroxyl groups excluding tert-OH is 3. The lowest BCUT2D eigenvalue weighted by molar-refractivity contribution is -0.166. The molecule has 0 unspecified atom stereocenters. The molecule has 0 bridgehead atoms. The van der Waals surface area contributed by atoms with Gasteiger partial charge in [-0.1, -0.05) is 36.4 Å². The Morgan fingerprint density at radius 3 is 2.32 bits per heavy atom. The Hall–Kier alpha value is -4.58. The molecule has 0 spiro atoms. The second-order valence-electron chi connectivity index (χ2n) is 10.7. The van der Waals surface area contributed by atoms with Gasteiger partial charge in [-0.2, -0.15) is 0 Å². The molecule has 0 heterocycles. The molecular formula is C30H28N2O9. The number of primary amides is 1. The van der Waals surface area contributed by atoms with Crippen LogP contribution in [-0.4, -0.2) is 85.5 Å². The highest BCUT2D eigenvalue weighted by Crippen LogP contribution is 2.56. The molecule has 3 aliphatic carbocycles. The van der Waals surface area contributed by atoms with Crippen LogP contribution in [0.15, 0.2) is 59.4 Å². The number of hydrogen-bond donors (Lipinski definition) is 6. The summed E-state index contributed by atoms with van der Waals surface area (Å²) in [6, 6.07) is 9.36. The van der Waals surface area contributed by atoms with Crippen LogP contribution in [0.5, 0.6) is 5.75 Å². The van der Waals surface area contributed by atoms with Crippen molar-refractivity contribution in [2.75, 3.05) is 14.1 Å². The summed E-state index contributed by atoms with van der Waals surface area (Å²) in [5.41, 5.74) is 2.01. The van der Waals surface area contributed by atoms with E-state index in [0.717, 1.165) is 0 Å². The lowest BCUT2D eigenvalue weighted by Crippen LogP contribution is -2.70. The fraction of sp³-hybridized carbons (Fsp3) is 0.267. The van der Waals surface area contributed by atoms with Gasteiger partial charge >= 0.3 is 0 Å². The number of fused-ring (bicyclic) bond motifs is 3. The quantitative estimate of drug-likeness (QED) is 0.233. The molecule has 0 saturated heterocycles. The van der Waals surface area contributed by atoms with Gasteiger partial charge in [0.2, 0.25) is 5.78 Å². The maximum absolute atomic E-state index is 14.2. The van der Waals surface area contributed by atoms with Crippen molar-refractivity contribution in [3.8, 4) is 5.75 Å². The number of aliphatic hydroxyl groups is 4. The molecule has 5 rings (SSSR count). The normalized spacial score (nSPS) is 28.5. The molecule has 0 aliphatic heterocycles. The van der Waals surface area contributed by atoms with Crippen molar-refractivity contribution in [3.63, 3.8) is 0 Å². The van der Waals surface area contributed by atoms with Gasteiger partial charge in [0, 0.05) is 11.5 Å². The maximum Gasteiger partial charge on any atom is 0.255 e. The van der Waals surface area contributed by atoms with Gasteiger partial charge in [-0.05, 0) is 49.9 Å². The van der Waals surface area contributed by atoms with Crippen molar-refractivity contribution in [1.29, 1.82) is 0 Å². The van der Waals surface area contributed by atoms with Gasteiger partial charge in [0.05, 0.1) is 29.2 Å². The number of nitrogens with two attached hydrogens (primary N) is 1. The van der Waals surface area contributed by atoms with Crippen LogP contribution in [-0.2, 0) is 14.4 Å². The summed E-state index contributed by atoms with van der Waals surface area (Å²) in [6.45, 7) is 1.39. The number of phenols is 1. The van der Waals surface area contributed by atoms with Crippen molar-refractivity contribution >= 4 is 40.7 Å². The minimum Gasteiger partial charge on any atom is -0.508 e. The average Bonchev–Trinajstić information content (AvgIpc) is 2.90. The Morgan fingerprint density at radius 1 is 1.05 bits per heavy atom. The predicted octanol–water partition coefficient (Wildman–Crippen LogP) is 1.14. The Balaban J connectivity index is 1.85. The van der Waals surface area contributed by atoms with E-state index >= 15 is 0 Å². The number of benzene rings is 2. The monoisotopic (exact) mass is 560 g/mol. The van der Waals surface area contributed by atoms with Crippen LogP contribution in [0.4, 0.5) is 0 Å². The van der Waals surface area contributed by atoms with Crippen molar-refractivity contribution < 1.29 is 44.7 Å². The lowest BCUT2D eigenvalue weighted by Gasteiger charge is -2.53. The number of likely N-dealkylation sites (N-methyl/N-ethyl adjacent to an activating group) is 1. The van der Waals surface area contributed by atoms with Gasteiger partial charge in [-0.25, -0.2) is 0 Å². The topological polar surface area (TPSA) is 199 Å². The predicted molar refractivity (Wildman–Crippen MR) is 146 cm³/mol. The fourth-order valence-corrected chi connectivity index (χ4v) is 6.34. The molecule has 7 N–H and O–H groups in total. The zero-order chi connectivity index (χ0) is 30.1. The number of nitrogens with zero attached hydrogens (tertiary/aromatic N) is 1. The molecule has 11 nitrogen and oxygen atoms in total. The van der Waals surface area contributed by atoms with Crippen molar-refractivity contribution in [2.24, 2.45) is 17.6 Å². The summed E-state index contributed by atoms with van der Waals surface area (Å²) in [4.78, 5) is 53.1. The summed E-state index contributed by atoms with van der Waals surface area (Å²) in [6.07, 6.45) is -0.219. The highest BCUT2D eigenvalue weighted by Gasteiger charge is 2.68. The number of hydrogen-bond acceptors (Lipinski definition) is 10. The van der Waals surface area contributed by atoms with Gasteiger partial charge in [-0.15, -0.1) is 0 Å². The van der Waals surface area contributed by atoms with E-state index in [4.69, 9.17) is 5.73 Å². The molecule has 1 saturated carbocycles. The van der Waals surface area contributed by atoms with Gasteiger partial charge in [-0.3, -0.25) is 24.1 Å². The molecule has 0 radical (unpaired) electrons. The van der Waals surface area contributed by atoms with Crippen LogP contribution in [0.1, 0.15) is 34.0 Å². The number of Topliss-reactive ketones (excluding diaryl/α,β-unsaturated/α-hetero) is 3. The first-order valence-electron chi connectivity index (χ1n) is 12.7. The van der Waals surface area contributed by atoms with Crippen LogP contribution in [0.25, 0.3) is 17.4 Å². The molecule has 5 atom stereocenters. The number of ketones is 3. The maximum atomic E-state index is 14.2. The smallest absolute Gasteiger partial charge is 0.255 e. The third kappa shape index (κ3) is 3.85. The second kappa shape index (κ2) is 9.51. The van der Waals surface area contributed by atoms with E-state index in [0.29, 0.717) is 11.1 Å². The molecule has 1 amide bonds. The number of carbonyl (C=O) groups excluding carboxylic acids is 4. The van der Waals surface area contributed by atoms with Gasteiger partial charge in [0.1, 0.15) is 22.8 Å². The molecule has 11 heteroatoms. The van der Waals surface area contributed by atoms with Crippen LogP contribution in [0, 0.1) is 11.8 Å². The first kappa shape index (κ1) is 28.0. The average molecular weight is 561 g/mol. The van der Waals surface area contributed by atoms with Crippen LogP contribution in [0.3, 0.4) is 0 Å². The Kier molecular flexibility index (Phi) is 6.49. The highest BCUT2D eigenvalue weighted by molar-refractivity contribution is 6.25. The van der Waals surface area contributed by atoms with Crippen LogP contribution < -0.4 is 5.73 Å². The van der Waals surface area contributed by atoms with Crippen molar-refractivity contribution in [2.45, 2.75) is 24.7 Å². The minimum atomic E-state index is -3.02. The SMILES string of the molecule is CC(=O)c1cccc(/C=C2\c3cccc(O)c3C(O)=C3C(=O)[C@@]4(O)C(O)=C(C(N)=O)C(=O)[C@H](N(C)C)[C@H]4[C@H](O)[C@H]32)c1. The second-order valence-corrected chi connectivity index (χ2v) is 10.7. The summed E-state index contributed by atoms with van der Waals surface area (Å²) in [5, 5.41) is 56.8. The van der Waals surface area contributed by atoms with E-state index in [9.17, 15) is 44.7 Å². The summed E-state index contributed by atoms with van der Waals surface area (Å²) in [5.74, 6) is -9.39. The zero-order valence-electron chi connectivity index (χ0n) is 22.3. The highest BCUT2D eigenvalue weighted by atomic mass is 16.4. The van der Waals surface area contributed by atoms with Crippen LogP contribution >= 0.6 is 0 Å². The lowest BCUT2D eigenvalue weighted by atomic mass is 9.55. The molecule has 0 aromatic heterocycles. The number of phenolic OH excluding ortho intramolecular Hbond substituents is 1. The van der Waals surface area contributed by atoms with Gasteiger partial charge in [0.15, 0.2) is 17.2 Å². The Bertz CT molecular complexity index is 1650. The molecule has 212 valence electrons. The molecular weight excluding hydrogens is 532 g/mol. The third-order valence-electron chi connectivity index (χ3n) is 8.15. The first-order valence-corrected chi connectivity index (χ1v) is 12.7. The Morgan fingerprint density at radius 2 is 1.71 bits per heavy atom. The van der Waals surface area contributed by atoms with Crippen LogP contribution in [0.2, 0.25) is 0 Å². The first-order chi connectivity index (χ1) is 19.2. The summed E-state index contributed by atoms with van der Waals surface area (Å²) < 4.78 is 0. The number of aromatic hydroxyl groups is 1. The minimum absolute atomic E-state index is 0.162. The van der Waals surface area contributed by atoms with Gasteiger partial charge < -0.3 is 31.3 Å². The van der Waals surface area contributed by atoms with E-state index in [-0.39, 0.29) is 22.5 Å². The van der Waals surface area contributed by atoms with Crippen molar-refractivity contribution in [1.82, 2.24) is 4.90 Å². The van der Waals surface area contributed by atoms with E-state index in [2.05, 4.69) is 0 Å². The fourth-order valence-electron chi connectivity index (χ4n) is 6.34. The van der Waals surface area contributed by atoms with E-state index in [1.54, 1.807) is 36.4 Å². The molecule has 2 aromatic rings. The van der Waals surface area contributed by atoms with E-state index < -0.39 is 75.5 Å². The largest absolute Gasteiger partial charge is 0.508 e. The summed E-state index contributed by atoms with van der Waals surface area (Å²) in [7, 11) is 2.87. The number of rotatable bonds is 4. The summed E-state index contributed by atoms with van der Waals surface area (Å²) >= 11 is 0. The Labute approximate surface area is 234 Å². The van der Waals surface area contributed by atoms with E-state index in [1.807, 2.05) is 0 Å². The van der Waals surface area contributed by atoms with Crippen molar-refractivity contribution in [3.05, 3.63) is 81.6 Å². The van der Waals surface area contributed by atoms with Gasteiger partial charge in [0.25, 0.3) is 5.91 Å². The van der Waals surface area contributed by atoms with E-state index in [1.165, 1.54) is 38.1 Å². The number of carbonyl (C=O) groups is 4. The zero-order valence-corrected chi connectivity index (χ0v) is 22.3. The standard InChI is InChI=1S/C30H28N2O9/c1-12(33)14-7-4-6-13(10-14)11-16-15-8-5-9-17(34)18(15)24(35)20-19(16)25(36)22-23(32(2)3)26(37)21(29(31)40)28(39)30(22,41)27(20)38/h4-11,19,22-23,25,34-36,39,41H,1-3H3,(H2,31,40)/b16-11+/t19-,22-,23+,25+,30+/m0/s1. The number of amides is 1. The molecule has 1 fully saturated rings. The molecule has 2 aromatic carbocycles.